The molecule has 3 fully saturated rings. The van der Waals surface area contributed by atoms with E-state index in [0.29, 0.717) is 60.2 Å². The molecule has 2 saturated heterocycles. The van der Waals surface area contributed by atoms with Gasteiger partial charge in [0.15, 0.2) is 0 Å². The summed E-state index contributed by atoms with van der Waals surface area (Å²) < 4.78 is 0. The van der Waals surface area contributed by atoms with Crippen LogP contribution in [0.4, 0.5) is 5.69 Å². The molecule has 2 bridgehead atoms. The number of benzene rings is 2. The number of carbonyl (C=O) groups excluding carboxylic acids is 3. The first kappa shape index (κ1) is 37.2. The number of piperidine rings is 1. The van der Waals surface area contributed by atoms with Gasteiger partial charge in [-0.15, -0.1) is 22.6 Å². The fraction of sp³-hybridized carbons (Fsp3) is 0.447. The number of tetrazole rings is 1. The van der Waals surface area contributed by atoms with Crippen LogP contribution in [-0.4, -0.2) is 74.0 Å². The Morgan fingerprint density at radius 2 is 1.62 bits per heavy atom. The molecule has 13 nitrogen and oxygen atoms in total. The zero-order valence-electron chi connectivity index (χ0n) is 29.3. The molecule has 4 aromatic rings. The van der Waals surface area contributed by atoms with E-state index in [1.807, 2.05) is 37.3 Å². The van der Waals surface area contributed by atoms with Gasteiger partial charge in [-0.3, -0.25) is 19.4 Å². The minimum atomic E-state index is -0.951. The van der Waals surface area contributed by atoms with Crippen LogP contribution < -0.4 is 27.0 Å². The number of nitrogens with one attached hydrogen (secondary N) is 3. The number of aromatic amines is 1. The van der Waals surface area contributed by atoms with E-state index in [1.165, 1.54) is 17.7 Å². The highest BCUT2D eigenvalue weighted by Gasteiger charge is 2.36. The Morgan fingerprint density at radius 1 is 0.942 bits per heavy atom. The lowest BCUT2D eigenvalue weighted by atomic mass is 9.81. The summed E-state index contributed by atoms with van der Waals surface area (Å²) in [5, 5.41) is 20.9. The summed E-state index contributed by atoms with van der Waals surface area (Å²) in [6.07, 6.45) is 9.34. The van der Waals surface area contributed by atoms with Gasteiger partial charge < -0.3 is 22.1 Å². The van der Waals surface area contributed by atoms with E-state index >= 15 is 0 Å². The van der Waals surface area contributed by atoms with E-state index in [4.69, 9.17) is 11.5 Å². The molecule has 1 unspecified atom stereocenters. The summed E-state index contributed by atoms with van der Waals surface area (Å²) in [4.78, 5) is 46.8. The normalized spacial score (nSPS) is 22.9. The summed E-state index contributed by atoms with van der Waals surface area (Å²) in [5.41, 5.74) is 17.7. The van der Waals surface area contributed by atoms with Crippen molar-refractivity contribution in [2.24, 2.45) is 23.3 Å². The van der Waals surface area contributed by atoms with Crippen LogP contribution in [0, 0.1) is 18.8 Å². The number of H-pyrrole nitrogens is 1. The monoisotopic (exact) mass is 726 g/mol. The molecule has 0 radical (unpaired) electrons. The van der Waals surface area contributed by atoms with Gasteiger partial charge in [-0.25, -0.2) is 4.90 Å². The maximum Gasteiger partial charge on any atom is 0.270 e. The predicted octanol–water partition coefficient (Wildman–Crippen LogP) is 3.87. The van der Waals surface area contributed by atoms with Gasteiger partial charge in [0, 0.05) is 41.4 Å². The van der Waals surface area contributed by atoms with Crippen molar-refractivity contribution < 1.29 is 14.4 Å². The number of anilines is 1. The van der Waals surface area contributed by atoms with Crippen molar-refractivity contribution >= 4 is 35.8 Å². The molecule has 52 heavy (non-hydrogen) atoms. The number of fused-ring (bicyclic) bond motifs is 2. The van der Waals surface area contributed by atoms with Crippen molar-refractivity contribution in [3.05, 3.63) is 77.6 Å². The van der Waals surface area contributed by atoms with Gasteiger partial charge in [0.25, 0.3) is 11.8 Å². The topological polar surface area (TPSA) is 198 Å². The first-order chi connectivity index (χ1) is 24.7. The molecule has 1 saturated carbocycles. The van der Waals surface area contributed by atoms with E-state index in [1.54, 1.807) is 30.5 Å². The van der Waals surface area contributed by atoms with Gasteiger partial charge in [-0.2, -0.15) is 5.21 Å². The summed E-state index contributed by atoms with van der Waals surface area (Å²) in [5.74, 6) is -0.302. The highest BCUT2D eigenvalue weighted by molar-refractivity contribution is 6.17. The quantitative estimate of drug-likeness (QED) is 0.160. The largest absolute Gasteiger partial charge is 0.348 e. The van der Waals surface area contributed by atoms with Crippen LogP contribution in [0.25, 0.3) is 22.5 Å². The Labute approximate surface area is 309 Å². The average Bonchev–Trinajstić information content (AvgIpc) is 3.82. The molecule has 3 amide bonds. The number of nitrogens with two attached hydrogens (primary N) is 2. The van der Waals surface area contributed by atoms with E-state index in [2.05, 4.69) is 36.2 Å². The molecule has 274 valence electrons. The van der Waals surface area contributed by atoms with Crippen LogP contribution in [0.3, 0.4) is 0 Å². The first-order valence-corrected chi connectivity index (χ1v) is 18.1. The molecule has 4 heterocycles. The number of aromatic nitrogens is 5. The number of pyridine rings is 1. The van der Waals surface area contributed by atoms with Crippen LogP contribution in [-0.2, 0) is 16.0 Å². The van der Waals surface area contributed by atoms with Crippen molar-refractivity contribution in [1.82, 2.24) is 36.2 Å². The van der Waals surface area contributed by atoms with E-state index in [0.717, 1.165) is 47.9 Å². The second kappa shape index (κ2) is 16.4. The molecule has 0 spiro atoms. The number of amides is 3. The van der Waals surface area contributed by atoms with E-state index in [9.17, 15) is 14.4 Å². The molecular formula is C38H47ClN10O3. The lowest BCUT2D eigenvalue weighted by molar-refractivity contribution is -0.130. The minimum absolute atomic E-state index is 0. The number of hydrogen-bond acceptors (Lipinski definition) is 10. The van der Waals surface area contributed by atoms with Gasteiger partial charge in [0.1, 0.15) is 5.69 Å². The van der Waals surface area contributed by atoms with Crippen LogP contribution >= 0.6 is 12.4 Å². The van der Waals surface area contributed by atoms with Gasteiger partial charge in [-0.05, 0) is 129 Å². The number of nitrogens with zero attached hydrogens (tertiary/aromatic N) is 5. The maximum atomic E-state index is 14.0. The molecular weight excluding hydrogens is 680 g/mol. The molecule has 4 atom stereocenters. The molecule has 1 aliphatic carbocycles. The van der Waals surface area contributed by atoms with Crippen LogP contribution in [0.1, 0.15) is 73.0 Å². The Bertz CT molecular complexity index is 1830. The molecule has 2 aromatic heterocycles. The Hall–Kier alpha value is -4.56. The Morgan fingerprint density at radius 3 is 2.23 bits per heavy atom. The number of carbonyl (C=O) groups is 3. The van der Waals surface area contributed by atoms with E-state index in [-0.39, 0.29) is 42.6 Å². The minimum Gasteiger partial charge on any atom is -0.348 e. The molecule has 7 rings (SSSR count). The Kier molecular flexibility index (Phi) is 11.7. The van der Waals surface area contributed by atoms with Crippen molar-refractivity contribution in [3.63, 3.8) is 0 Å². The van der Waals surface area contributed by atoms with E-state index < -0.39 is 11.9 Å². The highest BCUT2D eigenvalue weighted by atomic mass is 35.5. The lowest BCUT2D eigenvalue weighted by Gasteiger charge is -2.32. The maximum absolute atomic E-state index is 14.0. The number of hydrogen-bond donors (Lipinski definition) is 5. The molecule has 3 aliphatic rings. The predicted molar refractivity (Wildman–Crippen MR) is 200 cm³/mol. The average molecular weight is 727 g/mol. The highest BCUT2D eigenvalue weighted by Crippen LogP contribution is 2.32. The second-order valence-corrected chi connectivity index (χ2v) is 14.4. The van der Waals surface area contributed by atoms with Gasteiger partial charge >= 0.3 is 0 Å². The molecule has 7 N–H and O–H groups in total. The van der Waals surface area contributed by atoms with Crippen molar-refractivity contribution in [3.8, 4) is 22.5 Å². The fourth-order valence-corrected chi connectivity index (χ4v) is 7.98. The molecule has 2 aromatic carbocycles. The Balaban J connectivity index is 0.00000464. The lowest BCUT2D eigenvalue weighted by Crippen LogP contribution is -2.50. The smallest absolute Gasteiger partial charge is 0.270 e. The third-order valence-electron chi connectivity index (χ3n) is 10.9. The summed E-state index contributed by atoms with van der Waals surface area (Å²) in [6.45, 7) is 2.58. The van der Waals surface area contributed by atoms with Crippen molar-refractivity contribution in [1.29, 1.82) is 0 Å². The summed E-state index contributed by atoms with van der Waals surface area (Å²) in [6, 6.07) is 16.8. The van der Waals surface area contributed by atoms with Gasteiger partial charge in [0.05, 0.1) is 11.7 Å². The van der Waals surface area contributed by atoms with Crippen molar-refractivity contribution in [2.45, 2.75) is 88.9 Å². The van der Waals surface area contributed by atoms with Gasteiger partial charge in [-0.1, -0.05) is 24.3 Å². The second-order valence-electron chi connectivity index (χ2n) is 14.4. The summed E-state index contributed by atoms with van der Waals surface area (Å²) in [7, 11) is 0. The zero-order valence-corrected chi connectivity index (χ0v) is 30.1. The number of imide groups is 1. The zero-order chi connectivity index (χ0) is 35.5. The number of rotatable bonds is 10. The van der Waals surface area contributed by atoms with Gasteiger partial charge in [0.2, 0.25) is 11.7 Å². The summed E-state index contributed by atoms with van der Waals surface area (Å²) >= 11 is 0. The van der Waals surface area contributed by atoms with Crippen LogP contribution in [0.2, 0.25) is 0 Å². The first-order valence-electron chi connectivity index (χ1n) is 18.1. The third kappa shape index (κ3) is 8.23. The van der Waals surface area contributed by atoms with Crippen LogP contribution in [0.5, 0.6) is 0 Å². The molecule has 14 heteroatoms. The standard InChI is InChI=1S/C38H46N10O3.ClH/c1-22-16-34(36(49)43-30-18-28-12-13-29(19-30)42-28)41-21-32(22)25-6-2-23(3-7-25)17-33(40)38(51)48(37(50)27-8-4-24(20-39)5-9-27)31-14-10-26(11-15-31)35-44-46-47-45-35;/h2-3,6-7,10-11,14-16,21,24,27-30,33,42H,4-5,8-9,12-13,17-20,39-40H2,1H3,(H,43,49)(H,44,45,46,47);1H/t24?,27?,28-,29+,30?,33-;/m0./s1. The van der Waals surface area contributed by atoms with Crippen molar-refractivity contribution in [2.75, 3.05) is 11.4 Å². The molecule has 2 aliphatic heterocycles. The number of aryl methyl sites for hydroxylation is 1. The van der Waals surface area contributed by atoms with Crippen LogP contribution in [0.15, 0.2) is 60.8 Å². The fourth-order valence-electron chi connectivity index (χ4n) is 7.98. The number of halogens is 1. The third-order valence-corrected chi connectivity index (χ3v) is 10.9. The SMILES string of the molecule is Cc1cc(C(=O)NC2C[C@H]3CC[C@@H](C2)N3)ncc1-c1ccc(C[C@H](N)C(=O)N(C(=O)C2CCC(CN)CC2)c2ccc(-c3nn[nH]n3)cc2)cc1.Cl.